The first-order valence-electron chi connectivity index (χ1n) is 6.34. The summed E-state index contributed by atoms with van der Waals surface area (Å²) in [6, 6.07) is 10.1. The quantitative estimate of drug-likeness (QED) is 0.848. The van der Waals surface area contributed by atoms with Crippen LogP contribution in [0.25, 0.3) is 0 Å². The molecule has 19 heavy (non-hydrogen) atoms. The predicted octanol–water partition coefficient (Wildman–Crippen LogP) is 2.51. The van der Waals surface area contributed by atoms with Crippen molar-refractivity contribution in [3.05, 3.63) is 47.4 Å². The molecule has 2 aromatic heterocycles. The van der Waals surface area contributed by atoms with Crippen LogP contribution in [0, 0.1) is 16.7 Å². The lowest BCUT2D eigenvalue weighted by Crippen LogP contribution is -2.20. The normalized spacial score (nSPS) is 19.9. The van der Waals surface area contributed by atoms with E-state index >= 15 is 0 Å². The van der Waals surface area contributed by atoms with Crippen molar-refractivity contribution >= 4 is 5.82 Å². The first kappa shape index (κ1) is 11.8. The number of nitriles is 1. The van der Waals surface area contributed by atoms with Gasteiger partial charge in [-0.25, -0.2) is 4.98 Å². The van der Waals surface area contributed by atoms with Crippen LogP contribution < -0.4 is 5.73 Å². The number of aromatic nitrogens is 2. The number of nitrogen functional groups attached to an aromatic ring is 1. The Bertz CT molecular complexity index is 676. The van der Waals surface area contributed by atoms with Crippen LogP contribution in [0.1, 0.15) is 36.7 Å². The highest BCUT2D eigenvalue weighted by Gasteiger charge is 2.41. The molecule has 96 valence electrons. The van der Waals surface area contributed by atoms with Gasteiger partial charge in [0.25, 0.3) is 0 Å². The van der Waals surface area contributed by atoms with Crippen LogP contribution in [-0.4, -0.2) is 9.55 Å². The zero-order valence-corrected chi connectivity index (χ0v) is 11.1. The monoisotopic (exact) mass is 252 g/mol. The van der Waals surface area contributed by atoms with Crippen LogP contribution in [0.4, 0.5) is 5.82 Å². The molecule has 2 aromatic rings. The van der Waals surface area contributed by atoms with Crippen LogP contribution in [0.3, 0.4) is 0 Å². The second kappa shape index (κ2) is 3.86. The third-order valence-corrected chi connectivity index (χ3v) is 3.91. The van der Waals surface area contributed by atoms with Crippen molar-refractivity contribution in [1.82, 2.24) is 9.55 Å². The largest absolute Gasteiger partial charge is 0.384 e. The van der Waals surface area contributed by atoms with Crippen molar-refractivity contribution < 1.29 is 0 Å². The number of fused-ring (bicyclic) bond motifs is 1. The SMILES string of the molecule is CC1(C)Cn2c(C#N)ccc2C1c1ccnc(N)c1. The molecule has 0 spiro atoms. The van der Waals surface area contributed by atoms with E-state index in [1.807, 2.05) is 18.2 Å². The molecule has 0 bridgehead atoms. The smallest absolute Gasteiger partial charge is 0.123 e. The zero-order chi connectivity index (χ0) is 13.6. The van der Waals surface area contributed by atoms with Gasteiger partial charge in [-0.15, -0.1) is 0 Å². The fourth-order valence-corrected chi connectivity index (χ4v) is 3.18. The Balaban J connectivity index is 2.16. The van der Waals surface area contributed by atoms with Crippen LogP contribution >= 0.6 is 0 Å². The van der Waals surface area contributed by atoms with E-state index in [1.54, 1.807) is 6.20 Å². The predicted molar refractivity (Wildman–Crippen MR) is 73.4 cm³/mol. The van der Waals surface area contributed by atoms with Gasteiger partial charge < -0.3 is 10.3 Å². The minimum Gasteiger partial charge on any atom is -0.384 e. The van der Waals surface area contributed by atoms with E-state index < -0.39 is 0 Å². The maximum absolute atomic E-state index is 9.16. The Kier molecular flexibility index (Phi) is 2.39. The topological polar surface area (TPSA) is 67.6 Å². The van der Waals surface area contributed by atoms with Gasteiger partial charge in [-0.2, -0.15) is 5.26 Å². The van der Waals surface area contributed by atoms with E-state index in [-0.39, 0.29) is 11.3 Å². The summed E-state index contributed by atoms with van der Waals surface area (Å²) in [6.07, 6.45) is 1.75. The molecule has 1 unspecified atom stereocenters. The van der Waals surface area contributed by atoms with E-state index in [0.29, 0.717) is 5.82 Å². The van der Waals surface area contributed by atoms with E-state index in [2.05, 4.69) is 35.5 Å². The third kappa shape index (κ3) is 1.70. The minimum atomic E-state index is 0.0655. The van der Waals surface area contributed by atoms with Gasteiger partial charge in [0.15, 0.2) is 0 Å². The van der Waals surface area contributed by atoms with Crippen molar-refractivity contribution in [2.24, 2.45) is 5.41 Å². The van der Waals surface area contributed by atoms with Crippen LogP contribution in [0.5, 0.6) is 0 Å². The number of hydrogen-bond donors (Lipinski definition) is 1. The Morgan fingerprint density at radius 1 is 1.42 bits per heavy atom. The molecule has 1 aliphatic rings. The molecule has 1 aliphatic heterocycles. The Morgan fingerprint density at radius 2 is 2.21 bits per heavy atom. The van der Waals surface area contributed by atoms with Crippen LogP contribution in [0.2, 0.25) is 0 Å². The van der Waals surface area contributed by atoms with Crippen LogP contribution in [0.15, 0.2) is 30.5 Å². The second-order valence-electron chi connectivity index (χ2n) is 5.78. The van der Waals surface area contributed by atoms with Gasteiger partial charge in [-0.3, -0.25) is 0 Å². The minimum absolute atomic E-state index is 0.0655. The highest BCUT2D eigenvalue weighted by atomic mass is 15.0. The van der Waals surface area contributed by atoms with E-state index in [4.69, 9.17) is 11.0 Å². The molecule has 0 fully saturated rings. The summed E-state index contributed by atoms with van der Waals surface area (Å²) in [5, 5.41) is 9.16. The maximum atomic E-state index is 9.16. The molecular weight excluding hydrogens is 236 g/mol. The fraction of sp³-hybridized carbons (Fsp3) is 0.333. The summed E-state index contributed by atoms with van der Waals surface area (Å²) in [5.74, 6) is 0.790. The lowest BCUT2D eigenvalue weighted by molar-refractivity contribution is 0.322. The average molecular weight is 252 g/mol. The van der Waals surface area contributed by atoms with Gasteiger partial charge in [-0.1, -0.05) is 13.8 Å². The van der Waals surface area contributed by atoms with E-state index in [1.165, 1.54) is 11.3 Å². The van der Waals surface area contributed by atoms with Gasteiger partial charge in [0.1, 0.15) is 17.6 Å². The highest BCUT2D eigenvalue weighted by Crippen LogP contribution is 2.48. The summed E-state index contributed by atoms with van der Waals surface area (Å²) in [5.41, 5.74) is 8.94. The second-order valence-corrected chi connectivity index (χ2v) is 5.78. The molecule has 2 N–H and O–H groups in total. The van der Waals surface area contributed by atoms with E-state index in [9.17, 15) is 0 Å². The van der Waals surface area contributed by atoms with Crippen molar-refractivity contribution in [2.45, 2.75) is 26.3 Å². The first-order valence-corrected chi connectivity index (χ1v) is 6.34. The number of hydrogen-bond acceptors (Lipinski definition) is 3. The molecule has 0 radical (unpaired) electrons. The summed E-state index contributed by atoms with van der Waals surface area (Å²) in [6.45, 7) is 5.30. The molecular formula is C15H16N4. The zero-order valence-electron chi connectivity index (χ0n) is 11.1. The van der Waals surface area contributed by atoms with Crippen molar-refractivity contribution in [3.63, 3.8) is 0 Å². The number of rotatable bonds is 1. The summed E-state index contributed by atoms with van der Waals surface area (Å²) >= 11 is 0. The summed E-state index contributed by atoms with van der Waals surface area (Å²) < 4.78 is 2.11. The summed E-state index contributed by atoms with van der Waals surface area (Å²) in [7, 11) is 0. The number of nitrogens with two attached hydrogens (primary N) is 1. The number of nitrogens with zero attached hydrogens (tertiary/aromatic N) is 3. The van der Waals surface area contributed by atoms with Crippen molar-refractivity contribution in [3.8, 4) is 6.07 Å². The van der Waals surface area contributed by atoms with Gasteiger partial charge in [0.05, 0.1) is 0 Å². The molecule has 4 heteroatoms. The molecule has 0 saturated heterocycles. The maximum Gasteiger partial charge on any atom is 0.123 e. The third-order valence-electron chi connectivity index (χ3n) is 3.91. The standard InChI is InChI=1S/C15H16N4/c1-15(2)9-19-11(8-16)3-4-12(19)14(15)10-5-6-18-13(17)7-10/h3-7,14H,9H2,1-2H3,(H2,17,18). The van der Waals surface area contributed by atoms with Gasteiger partial charge in [-0.05, 0) is 35.2 Å². The van der Waals surface area contributed by atoms with E-state index in [0.717, 1.165) is 12.2 Å². The Morgan fingerprint density at radius 3 is 2.89 bits per heavy atom. The molecule has 4 nitrogen and oxygen atoms in total. The molecule has 3 heterocycles. The lowest BCUT2D eigenvalue weighted by Gasteiger charge is -2.26. The number of pyridine rings is 1. The van der Waals surface area contributed by atoms with Crippen molar-refractivity contribution in [1.29, 1.82) is 5.26 Å². The highest BCUT2D eigenvalue weighted by molar-refractivity contribution is 5.43. The fourth-order valence-electron chi connectivity index (χ4n) is 3.18. The average Bonchev–Trinajstić information content (AvgIpc) is 2.82. The van der Waals surface area contributed by atoms with Gasteiger partial charge in [0, 0.05) is 24.4 Å². The number of anilines is 1. The molecule has 3 rings (SSSR count). The molecule has 0 amide bonds. The Hall–Kier alpha value is -2.28. The molecule has 0 aromatic carbocycles. The summed E-state index contributed by atoms with van der Waals surface area (Å²) in [4.78, 5) is 4.05. The molecule has 0 aliphatic carbocycles. The van der Waals surface area contributed by atoms with Crippen LogP contribution in [-0.2, 0) is 6.54 Å². The Labute approximate surface area is 112 Å². The van der Waals surface area contributed by atoms with Gasteiger partial charge >= 0.3 is 0 Å². The molecule has 0 saturated carbocycles. The lowest BCUT2D eigenvalue weighted by atomic mass is 9.76. The molecule has 1 atom stereocenters. The van der Waals surface area contributed by atoms with Gasteiger partial charge in [0.2, 0.25) is 0 Å². The first-order chi connectivity index (χ1) is 9.03. The van der Waals surface area contributed by atoms with Crippen molar-refractivity contribution in [2.75, 3.05) is 5.73 Å².